The highest BCUT2D eigenvalue weighted by atomic mass is 35.5. The number of amides is 1. The smallest absolute Gasteiger partial charge is 0.230 e. The number of halogens is 1. The van der Waals surface area contributed by atoms with E-state index < -0.39 is 0 Å². The zero-order valence-corrected chi connectivity index (χ0v) is 15.2. The highest BCUT2D eigenvalue weighted by Crippen LogP contribution is 2.17. The molecular formula is C19H17ClN2O2S. The standard InChI is InChI=1S/C19H17ClN2O2S/c1-13-2-8-17(9-3-13)24-11-19-22-16(12-25-19)10-18(23)21-15-6-4-14(20)5-7-15/h2-9,12H,10-11H2,1H3,(H,21,23). The maximum Gasteiger partial charge on any atom is 0.230 e. The van der Waals surface area contributed by atoms with Crippen LogP contribution >= 0.6 is 22.9 Å². The lowest BCUT2D eigenvalue weighted by atomic mass is 10.2. The van der Waals surface area contributed by atoms with E-state index in [1.807, 2.05) is 36.6 Å². The Labute approximate surface area is 155 Å². The van der Waals surface area contributed by atoms with E-state index in [1.54, 1.807) is 24.3 Å². The number of hydrogen-bond acceptors (Lipinski definition) is 4. The number of benzene rings is 2. The summed E-state index contributed by atoms with van der Waals surface area (Å²) in [5.74, 6) is 0.696. The van der Waals surface area contributed by atoms with Gasteiger partial charge < -0.3 is 10.1 Å². The van der Waals surface area contributed by atoms with Gasteiger partial charge in [-0.2, -0.15) is 0 Å². The molecule has 0 saturated heterocycles. The van der Waals surface area contributed by atoms with Gasteiger partial charge in [-0.3, -0.25) is 4.79 Å². The number of thiazole rings is 1. The largest absolute Gasteiger partial charge is 0.486 e. The molecule has 3 aromatic rings. The first kappa shape index (κ1) is 17.5. The van der Waals surface area contributed by atoms with Crippen LogP contribution < -0.4 is 10.1 Å². The molecule has 2 aromatic carbocycles. The van der Waals surface area contributed by atoms with Crippen molar-refractivity contribution < 1.29 is 9.53 Å². The van der Waals surface area contributed by atoms with Gasteiger partial charge >= 0.3 is 0 Å². The number of nitrogens with one attached hydrogen (secondary N) is 1. The van der Waals surface area contributed by atoms with Crippen LogP contribution in [0, 0.1) is 6.92 Å². The molecule has 0 spiro atoms. The van der Waals surface area contributed by atoms with E-state index in [0.717, 1.165) is 16.5 Å². The summed E-state index contributed by atoms with van der Waals surface area (Å²) in [6.07, 6.45) is 0.226. The zero-order valence-electron chi connectivity index (χ0n) is 13.7. The van der Waals surface area contributed by atoms with Crippen LogP contribution in [0.1, 0.15) is 16.3 Å². The molecule has 0 saturated carbocycles. The summed E-state index contributed by atoms with van der Waals surface area (Å²) in [4.78, 5) is 16.5. The van der Waals surface area contributed by atoms with Crippen molar-refractivity contribution in [3.63, 3.8) is 0 Å². The Bertz CT molecular complexity index is 845. The monoisotopic (exact) mass is 372 g/mol. The zero-order chi connectivity index (χ0) is 17.6. The van der Waals surface area contributed by atoms with Gasteiger partial charge in [0, 0.05) is 16.1 Å². The second-order valence-electron chi connectivity index (χ2n) is 5.57. The lowest BCUT2D eigenvalue weighted by Crippen LogP contribution is -2.14. The number of carbonyl (C=O) groups is 1. The number of anilines is 1. The molecule has 6 heteroatoms. The normalized spacial score (nSPS) is 10.5. The third-order valence-corrected chi connectivity index (χ3v) is 4.58. The van der Waals surface area contributed by atoms with Crippen molar-refractivity contribution >= 4 is 34.5 Å². The van der Waals surface area contributed by atoms with E-state index in [9.17, 15) is 4.79 Å². The van der Waals surface area contributed by atoms with Crippen molar-refractivity contribution in [3.05, 3.63) is 75.2 Å². The van der Waals surface area contributed by atoms with E-state index in [0.29, 0.717) is 17.3 Å². The number of nitrogens with zero attached hydrogens (tertiary/aromatic N) is 1. The molecule has 3 rings (SSSR count). The van der Waals surface area contributed by atoms with Crippen LogP contribution in [0.2, 0.25) is 5.02 Å². The lowest BCUT2D eigenvalue weighted by Gasteiger charge is -2.04. The molecule has 1 aromatic heterocycles. The SMILES string of the molecule is Cc1ccc(OCc2nc(CC(=O)Nc3ccc(Cl)cc3)cs2)cc1. The minimum atomic E-state index is -0.112. The van der Waals surface area contributed by atoms with Crippen LogP contribution in [0.5, 0.6) is 5.75 Å². The Morgan fingerprint density at radius 2 is 1.88 bits per heavy atom. The van der Waals surface area contributed by atoms with Gasteiger partial charge in [-0.1, -0.05) is 29.3 Å². The maximum absolute atomic E-state index is 12.1. The van der Waals surface area contributed by atoms with E-state index >= 15 is 0 Å². The van der Waals surface area contributed by atoms with Crippen LogP contribution in [0.3, 0.4) is 0 Å². The Balaban J connectivity index is 1.51. The Hall–Kier alpha value is -2.37. The summed E-state index contributed by atoms with van der Waals surface area (Å²) in [5, 5.41) is 6.19. The molecule has 0 bridgehead atoms. The molecule has 0 unspecified atom stereocenters. The fourth-order valence-corrected chi connectivity index (χ4v) is 3.01. The minimum absolute atomic E-state index is 0.112. The Morgan fingerprint density at radius 3 is 2.60 bits per heavy atom. The fraction of sp³-hybridized carbons (Fsp3) is 0.158. The molecule has 4 nitrogen and oxygen atoms in total. The topological polar surface area (TPSA) is 51.2 Å². The van der Waals surface area contributed by atoms with Crippen molar-refractivity contribution in [2.75, 3.05) is 5.32 Å². The number of rotatable bonds is 6. The summed E-state index contributed by atoms with van der Waals surface area (Å²) >= 11 is 7.32. The van der Waals surface area contributed by atoms with Crippen molar-refractivity contribution in [2.45, 2.75) is 20.0 Å². The number of hydrogen-bond donors (Lipinski definition) is 1. The van der Waals surface area contributed by atoms with Crippen molar-refractivity contribution in [2.24, 2.45) is 0 Å². The van der Waals surface area contributed by atoms with Crippen LogP contribution in [0.15, 0.2) is 53.9 Å². The summed E-state index contributed by atoms with van der Waals surface area (Å²) in [6.45, 7) is 2.43. The average Bonchev–Trinajstić information content (AvgIpc) is 3.04. The second-order valence-corrected chi connectivity index (χ2v) is 6.95. The Morgan fingerprint density at radius 1 is 1.16 bits per heavy atom. The van der Waals surface area contributed by atoms with Crippen molar-refractivity contribution in [1.29, 1.82) is 0 Å². The number of aromatic nitrogens is 1. The first-order valence-corrected chi connectivity index (χ1v) is 9.02. The molecule has 0 aliphatic carbocycles. The molecule has 0 radical (unpaired) electrons. The van der Waals surface area contributed by atoms with E-state index in [2.05, 4.69) is 10.3 Å². The molecule has 0 aliphatic rings. The molecule has 25 heavy (non-hydrogen) atoms. The van der Waals surface area contributed by atoms with Crippen LogP contribution in [0.25, 0.3) is 0 Å². The molecule has 0 aliphatic heterocycles. The van der Waals surface area contributed by atoms with Crippen LogP contribution in [0.4, 0.5) is 5.69 Å². The van der Waals surface area contributed by atoms with Gasteiger partial charge in [0.1, 0.15) is 17.4 Å². The highest BCUT2D eigenvalue weighted by molar-refractivity contribution is 7.09. The summed E-state index contributed by atoms with van der Waals surface area (Å²) in [7, 11) is 0. The maximum atomic E-state index is 12.1. The summed E-state index contributed by atoms with van der Waals surface area (Å²) in [5.41, 5.74) is 2.64. The van der Waals surface area contributed by atoms with Crippen molar-refractivity contribution in [1.82, 2.24) is 4.98 Å². The third kappa shape index (κ3) is 5.31. The minimum Gasteiger partial charge on any atom is -0.486 e. The quantitative estimate of drug-likeness (QED) is 0.671. The first-order chi connectivity index (χ1) is 12.1. The van der Waals surface area contributed by atoms with Gasteiger partial charge in [0.05, 0.1) is 12.1 Å². The highest BCUT2D eigenvalue weighted by Gasteiger charge is 2.09. The number of ether oxygens (including phenoxy) is 1. The third-order valence-electron chi connectivity index (χ3n) is 3.45. The number of carbonyl (C=O) groups excluding carboxylic acids is 1. The first-order valence-electron chi connectivity index (χ1n) is 7.77. The fourth-order valence-electron chi connectivity index (χ4n) is 2.18. The molecule has 0 atom stereocenters. The van der Waals surface area contributed by atoms with Crippen molar-refractivity contribution in [3.8, 4) is 5.75 Å². The van der Waals surface area contributed by atoms with Gasteiger partial charge in [-0.25, -0.2) is 4.98 Å². The van der Waals surface area contributed by atoms with Gasteiger partial charge in [0.25, 0.3) is 0 Å². The predicted octanol–water partition coefficient (Wildman–Crippen LogP) is 4.87. The van der Waals surface area contributed by atoms with Gasteiger partial charge in [0.15, 0.2) is 0 Å². The van der Waals surface area contributed by atoms with Gasteiger partial charge in [-0.15, -0.1) is 11.3 Å². The van der Waals surface area contributed by atoms with E-state index in [-0.39, 0.29) is 12.3 Å². The molecule has 1 heterocycles. The molecule has 1 N–H and O–H groups in total. The lowest BCUT2D eigenvalue weighted by molar-refractivity contribution is -0.115. The Kier molecular flexibility index (Phi) is 5.68. The van der Waals surface area contributed by atoms with Gasteiger partial charge in [-0.05, 0) is 43.3 Å². The summed E-state index contributed by atoms with van der Waals surface area (Å²) in [6, 6.07) is 14.9. The van der Waals surface area contributed by atoms with E-state index in [4.69, 9.17) is 16.3 Å². The molecule has 0 fully saturated rings. The van der Waals surface area contributed by atoms with Gasteiger partial charge in [0.2, 0.25) is 5.91 Å². The van der Waals surface area contributed by atoms with Crippen LogP contribution in [-0.4, -0.2) is 10.9 Å². The van der Waals surface area contributed by atoms with Crippen LogP contribution in [-0.2, 0) is 17.8 Å². The average molecular weight is 373 g/mol. The molecular weight excluding hydrogens is 356 g/mol. The molecule has 1 amide bonds. The molecule has 128 valence electrons. The number of aryl methyl sites for hydroxylation is 1. The predicted molar refractivity (Wildman–Crippen MR) is 101 cm³/mol. The second kappa shape index (κ2) is 8.14. The van der Waals surface area contributed by atoms with E-state index in [1.165, 1.54) is 16.9 Å². The summed E-state index contributed by atoms with van der Waals surface area (Å²) < 4.78 is 5.71.